The number of carbonyl (C=O) groups excluding carboxylic acids is 2. The van der Waals surface area contributed by atoms with E-state index in [1.807, 2.05) is 6.92 Å². The molecule has 0 saturated carbocycles. The number of hydrogen-bond donors (Lipinski definition) is 3. The molecule has 1 heterocycles. The van der Waals surface area contributed by atoms with Crippen LogP contribution in [-0.2, 0) is 9.63 Å². The first-order valence-corrected chi connectivity index (χ1v) is 7.91. The maximum Gasteiger partial charge on any atom is 0.385 e. The van der Waals surface area contributed by atoms with Crippen LogP contribution in [0, 0.1) is 0 Å². The summed E-state index contributed by atoms with van der Waals surface area (Å²) >= 11 is 6.09. The van der Waals surface area contributed by atoms with Crippen molar-refractivity contribution in [3.8, 4) is 11.5 Å². The van der Waals surface area contributed by atoms with Crippen LogP contribution in [0.15, 0.2) is 18.2 Å². The lowest BCUT2D eigenvalue weighted by atomic mass is 10.1. The highest BCUT2D eigenvalue weighted by molar-refractivity contribution is 6.35. The van der Waals surface area contributed by atoms with Crippen molar-refractivity contribution in [2.75, 3.05) is 13.2 Å². The zero-order valence-corrected chi connectivity index (χ0v) is 14.2. The molecule has 0 aliphatic rings. The van der Waals surface area contributed by atoms with Crippen LogP contribution < -0.4 is 10.2 Å². The third-order valence-electron chi connectivity index (χ3n) is 3.26. The SMILES string of the molecule is CCCCOc1ccc2c(O)c(C(=O)ONC(=O)CO)nc(Cl)c2c1. The fraction of sp³-hybridized carbons (Fsp3) is 0.312. The van der Waals surface area contributed by atoms with Gasteiger partial charge < -0.3 is 19.8 Å². The summed E-state index contributed by atoms with van der Waals surface area (Å²) in [7, 11) is 0. The lowest BCUT2D eigenvalue weighted by molar-refractivity contribution is -0.132. The molecular formula is C16H17ClN2O6. The quantitative estimate of drug-likeness (QED) is 0.405. The Hall–Kier alpha value is -2.58. The second kappa shape index (κ2) is 8.50. The van der Waals surface area contributed by atoms with Gasteiger partial charge in [-0.1, -0.05) is 24.9 Å². The number of fused-ring (bicyclic) bond motifs is 1. The minimum absolute atomic E-state index is 0.0332. The monoisotopic (exact) mass is 368 g/mol. The van der Waals surface area contributed by atoms with Crippen LogP contribution in [0.3, 0.4) is 0 Å². The van der Waals surface area contributed by atoms with Crippen LogP contribution in [0.25, 0.3) is 10.8 Å². The van der Waals surface area contributed by atoms with Crippen LogP contribution in [-0.4, -0.2) is 40.3 Å². The van der Waals surface area contributed by atoms with Gasteiger partial charge in [-0.05, 0) is 24.6 Å². The Bertz CT molecular complexity index is 796. The summed E-state index contributed by atoms with van der Waals surface area (Å²) in [6.07, 6.45) is 1.90. The molecule has 3 N–H and O–H groups in total. The van der Waals surface area contributed by atoms with Gasteiger partial charge in [-0.25, -0.2) is 9.78 Å². The molecule has 134 valence electrons. The summed E-state index contributed by atoms with van der Waals surface area (Å²) in [5, 5.41) is 19.5. The molecule has 0 saturated heterocycles. The molecule has 1 aromatic heterocycles. The van der Waals surface area contributed by atoms with Crippen molar-refractivity contribution >= 4 is 34.2 Å². The maximum absolute atomic E-state index is 11.9. The number of halogens is 1. The van der Waals surface area contributed by atoms with E-state index in [0.717, 1.165) is 12.8 Å². The normalized spacial score (nSPS) is 10.5. The van der Waals surface area contributed by atoms with E-state index in [0.29, 0.717) is 17.7 Å². The topological polar surface area (TPSA) is 118 Å². The Labute approximate surface area is 148 Å². The lowest BCUT2D eigenvalue weighted by Gasteiger charge is -2.11. The van der Waals surface area contributed by atoms with Gasteiger partial charge in [0, 0.05) is 10.8 Å². The number of nitrogens with zero attached hydrogens (tertiary/aromatic N) is 1. The Balaban J connectivity index is 2.29. The molecule has 9 heteroatoms. The molecule has 0 bridgehead atoms. The van der Waals surface area contributed by atoms with E-state index in [9.17, 15) is 14.7 Å². The molecule has 0 spiro atoms. The van der Waals surface area contributed by atoms with Gasteiger partial charge in [0.15, 0.2) is 11.4 Å². The Kier molecular flexibility index (Phi) is 6.37. The molecule has 1 aromatic carbocycles. The molecule has 0 unspecified atom stereocenters. The number of rotatable bonds is 6. The van der Waals surface area contributed by atoms with Crippen LogP contribution in [0.1, 0.15) is 30.3 Å². The number of pyridine rings is 1. The lowest BCUT2D eigenvalue weighted by Crippen LogP contribution is -2.29. The molecule has 0 atom stereocenters. The van der Waals surface area contributed by atoms with Crippen molar-refractivity contribution in [2.24, 2.45) is 0 Å². The van der Waals surface area contributed by atoms with Crippen LogP contribution >= 0.6 is 11.6 Å². The Morgan fingerprint density at radius 3 is 2.76 bits per heavy atom. The highest BCUT2D eigenvalue weighted by atomic mass is 35.5. The van der Waals surface area contributed by atoms with Crippen molar-refractivity contribution in [3.05, 3.63) is 29.0 Å². The second-order valence-corrected chi connectivity index (χ2v) is 5.44. The first kappa shape index (κ1) is 18.8. The van der Waals surface area contributed by atoms with Crippen LogP contribution in [0.5, 0.6) is 11.5 Å². The number of hydrogen-bond acceptors (Lipinski definition) is 7. The number of ether oxygens (including phenoxy) is 1. The summed E-state index contributed by atoms with van der Waals surface area (Å²) in [5.74, 6) is -1.92. The Morgan fingerprint density at radius 2 is 2.08 bits per heavy atom. The molecular weight excluding hydrogens is 352 g/mol. The summed E-state index contributed by atoms with van der Waals surface area (Å²) in [6.45, 7) is 1.74. The highest BCUT2D eigenvalue weighted by Crippen LogP contribution is 2.34. The number of carbonyl (C=O) groups is 2. The second-order valence-electron chi connectivity index (χ2n) is 5.08. The Morgan fingerprint density at radius 1 is 1.32 bits per heavy atom. The largest absolute Gasteiger partial charge is 0.505 e. The molecule has 8 nitrogen and oxygen atoms in total. The van der Waals surface area contributed by atoms with Crippen LogP contribution in [0.4, 0.5) is 0 Å². The van der Waals surface area contributed by atoms with Gasteiger partial charge in [-0.3, -0.25) is 4.79 Å². The van der Waals surface area contributed by atoms with Crippen molar-refractivity contribution in [1.82, 2.24) is 10.5 Å². The van der Waals surface area contributed by atoms with E-state index >= 15 is 0 Å². The number of nitrogens with one attached hydrogen (secondary N) is 1. The summed E-state index contributed by atoms with van der Waals surface area (Å²) in [5.41, 5.74) is 1.25. The predicted octanol–water partition coefficient (Wildman–Crippen LogP) is 1.95. The van der Waals surface area contributed by atoms with Crippen molar-refractivity contribution in [3.63, 3.8) is 0 Å². The van der Waals surface area contributed by atoms with E-state index in [1.165, 1.54) is 0 Å². The summed E-state index contributed by atoms with van der Waals surface area (Å²) in [6, 6.07) is 4.79. The first-order chi connectivity index (χ1) is 12.0. The molecule has 0 aliphatic heterocycles. The van der Waals surface area contributed by atoms with E-state index in [4.69, 9.17) is 21.4 Å². The van der Waals surface area contributed by atoms with Gasteiger partial charge in [0.05, 0.1) is 6.61 Å². The van der Waals surface area contributed by atoms with E-state index in [-0.39, 0.29) is 10.5 Å². The molecule has 25 heavy (non-hydrogen) atoms. The van der Waals surface area contributed by atoms with Gasteiger partial charge in [-0.15, -0.1) is 0 Å². The number of aromatic nitrogens is 1. The molecule has 0 radical (unpaired) electrons. The number of aliphatic hydroxyl groups is 1. The van der Waals surface area contributed by atoms with Crippen molar-refractivity contribution in [1.29, 1.82) is 0 Å². The first-order valence-electron chi connectivity index (χ1n) is 7.53. The minimum Gasteiger partial charge on any atom is -0.505 e. The average molecular weight is 369 g/mol. The molecule has 2 rings (SSSR count). The number of unbranched alkanes of at least 4 members (excludes halogenated alkanes) is 1. The minimum atomic E-state index is -1.12. The fourth-order valence-electron chi connectivity index (χ4n) is 1.99. The molecule has 2 aromatic rings. The fourth-order valence-corrected chi connectivity index (χ4v) is 2.23. The third kappa shape index (κ3) is 4.49. The van der Waals surface area contributed by atoms with Gasteiger partial charge >= 0.3 is 5.97 Å². The van der Waals surface area contributed by atoms with Gasteiger partial charge in [0.2, 0.25) is 0 Å². The van der Waals surface area contributed by atoms with Crippen molar-refractivity contribution in [2.45, 2.75) is 19.8 Å². The summed E-state index contributed by atoms with van der Waals surface area (Å²) in [4.78, 5) is 31.1. The van der Waals surface area contributed by atoms with E-state index in [2.05, 4.69) is 9.82 Å². The van der Waals surface area contributed by atoms with Gasteiger partial charge in [0.1, 0.15) is 17.5 Å². The number of aliphatic hydroxyl groups excluding tert-OH is 1. The maximum atomic E-state index is 11.9. The highest BCUT2D eigenvalue weighted by Gasteiger charge is 2.21. The summed E-state index contributed by atoms with van der Waals surface area (Å²) < 4.78 is 5.57. The number of benzene rings is 1. The smallest absolute Gasteiger partial charge is 0.385 e. The van der Waals surface area contributed by atoms with E-state index in [1.54, 1.807) is 23.7 Å². The number of amides is 1. The predicted molar refractivity (Wildman–Crippen MR) is 89.5 cm³/mol. The van der Waals surface area contributed by atoms with Crippen LogP contribution in [0.2, 0.25) is 5.15 Å². The zero-order valence-electron chi connectivity index (χ0n) is 13.4. The van der Waals surface area contributed by atoms with E-state index < -0.39 is 29.9 Å². The standard InChI is InChI=1S/C16H17ClN2O6/c1-2-3-6-24-9-4-5-10-11(7-9)15(17)18-13(14(10)22)16(23)25-19-12(21)8-20/h4-5,7,20,22H,2-3,6,8H2,1H3,(H,19,21). The molecule has 0 aliphatic carbocycles. The molecule has 0 fully saturated rings. The van der Waals surface area contributed by atoms with Crippen molar-refractivity contribution < 1.29 is 29.4 Å². The van der Waals surface area contributed by atoms with Gasteiger partial charge in [-0.2, -0.15) is 5.48 Å². The zero-order chi connectivity index (χ0) is 18.4. The molecule has 1 amide bonds. The number of hydroxylamine groups is 1. The average Bonchev–Trinajstić information content (AvgIpc) is 2.62. The third-order valence-corrected chi connectivity index (χ3v) is 3.55. The van der Waals surface area contributed by atoms with Gasteiger partial charge in [0.25, 0.3) is 5.91 Å². The number of aromatic hydroxyl groups is 1.